The molecule has 1 atom stereocenters. The summed E-state index contributed by atoms with van der Waals surface area (Å²) in [7, 11) is 0. The van der Waals surface area contributed by atoms with E-state index in [-0.39, 0.29) is 6.04 Å². The van der Waals surface area contributed by atoms with Crippen LogP contribution in [0.15, 0.2) is 36.4 Å². The van der Waals surface area contributed by atoms with Crippen LogP contribution in [0.4, 0.5) is 5.69 Å². The van der Waals surface area contributed by atoms with Crippen molar-refractivity contribution in [1.29, 1.82) is 5.26 Å². The molecule has 0 aliphatic heterocycles. The first-order chi connectivity index (χ1) is 9.51. The first-order valence-corrected chi connectivity index (χ1v) is 6.82. The normalized spacial score (nSPS) is 11.8. The number of nitrogens with zero attached hydrogens (tertiary/aromatic N) is 1. The molecule has 1 N–H and O–H groups in total. The van der Waals surface area contributed by atoms with Crippen LogP contribution in [0.25, 0.3) is 0 Å². The van der Waals surface area contributed by atoms with Crippen LogP contribution in [0.3, 0.4) is 0 Å². The topological polar surface area (TPSA) is 35.8 Å². The number of hydrogen-bond donors (Lipinski definition) is 1. The maximum absolute atomic E-state index is 9.50. The number of nitriles is 1. The summed E-state index contributed by atoms with van der Waals surface area (Å²) in [6.07, 6.45) is 0. The third kappa shape index (κ3) is 3.00. The Labute approximate surface area is 121 Å². The van der Waals surface area contributed by atoms with Crippen molar-refractivity contribution < 1.29 is 0 Å². The lowest BCUT2D eigenvalue weighted by Gasteiger charge is -2.19. The van der Waals surface area contributed by atoms with E-state index < -0.39 is 0 Å². The van der Waals surface area contributed by atoms with Gasteiger partial charge in [-0.05, 0) is 56.5 Å². The van der Waals surface area contributed by atoms with Gasteiger partial charge in [-0.2, -0.15) is 5.26 Å². The molecule has 0 bridgehead atoms. The Kier molecular flexibility index (Phi) is 4.10. The van der Waals surface area contributed by atoms with Gasteiger partial charge >= 0.3 is 0 Å². The molecule has 0 amide bonds. The monoisotopic (exact) mass is 264 g/mol. The van der Waals surface area contributed by atoms with E-state index >= 15 is 0 Å². The summed E-state index contributed by atoms with van der Waals surface area (Å²) in [4.78, 5) is 0. The average Bonchev–Trinajstić information content (AvgIpc) is 2.38. The third-order valence-electron chi connectivity index (χ3n) is 3.52. The fourth-order valence-corrected chi connectivity index (χ4v) is 2.63. The van der Waals surface area contributed by atoms with Gasteiger partial charge in [0.2, 0.25) is 0 Å². The van der Waals surface area contributed by atoms with E-state index in [1.54, 1.807) is 0 Å². The molecule has 2 nitrogen and oxygen atoms in total. The second-order valence-corrected chi connectivity index (χ2v) is 5.38. The Morgan fingerprint density at radius 3 is 1.95 bits per heavy atom. The fourth-order valence-electron chi connectivity index (χ4n) is 2.63. The molecule has 0 heterocycles. The molecular weight excluding hydrogens is 244 g/mol. The summed E-state index contributed by atoms with van der Waals surface area (Å²) < 4.78 is 0. The predicted molar refractivity (Wildman–Crippen MR) is 83.8 cm³/mol. The highest BCUT2D eigenvalue weighted by atomic mass is 14.9. The van der Waals surface area contributed by atoms with Gasteiger partial charge in [0.25, 0.3) is 0 Å². The molecule has 0 aliphatic carbocycles. The molecule has 20 heavy (non-hydrogen) atoms. The molecule has 0 fully saturated rings. The number of benzene rings is 2. The maximum Gasteiger partial charge on any atom is 0.140 e. The van der Waals surface area contributed by atoms with Crippen molar-refractivity contribution in [3.05, 3.63) is 64.2 Å². The number of nitrogens with one attached hydrogen (secondary N) is 1. The van der Waals surface area contributed by atoms with Gasteiger partial charge in [-0.1, -0.05) is 35.4 Å². The lowest BCUT2D eigenvalue weighted by Crippen LogP contribution is -2.12. The SMILES string of the molecule is Cc1ccc(NC(C#N)c2c(C)cc(C)cc2C)cc1. The lowest BCUT2D eigenvalue weighted by molar-refractivity contribution is 0.962. The van der Waals surface area contributed by atoms with Gasteiger partial charge in [0.05, 0.1) is 6.07 Å². The molecule has 0 saturated heterocycles. The third-order valence-corrected chi connectivity index (χ3v) is 3.52. The Hall–Kier alpha value is -2.27. The summed E-state index contributed by atoms with van der Waals surface area (Å²) in [5, 5.41) is 12.8. The largest absolute Gasteiger partial charge is 0.366 e. The van der Waals surface area contributed by atoms with E-state index in [9.17, 15) is 5.26 Å². The maximum atomic E-state index is 9.50. The van der Waals surface area contributed by atoms with Crippen molar-refractivity contribution in [1.82, 2.24) is 0 Å². The van der Waals surface area contributed by atoms with Crippen LogP contribution < -0.4 is 5.32 Å². The number of rotatable bonds is 3. The molecule has 1 unspecified atom stereocenters. The van der Waals surface area contributed by atoms with Crippen molar-refractivity contribution in [2.45, 2.75) is 33.7 Å². The van der Waals surface area contributed by atoms with Gasteiger partial charge in [0.1, 0.15) is 6.04 Å². The van der Waals surface area contributed by atoms with Gasteiger partial charge in [0, 0.05) is 5.69 Å². The summed E-state index contributed by atoms with van der Waals surface area (Å²) >= 11 is 0. The van der Waals surface area contributed by atoms with Gasteiger partial charge < -0.3 is 5.32 Å². The van der Waals surface area contributed by atoms with Crippen molar-refractivity contribution in [3.63, 3.8) is 0 Å². The molecule has 2 aromatic carbocycles. The van der Waals surface area contributed by atoms with E-state index in [1.165, 1.54) is 11.1 Å². The smallest absolute Gasteiger partial charge is 0.140 e. The summed E-state index contributed by atoms with van der Waals surface area (Å²) in [5.74, 6) is 0. The summed E-state index contributed by atoms with van der Waals surface area (Å²) in [6, 6.07) is 14.4. The fraction of sp³-hybridized carbons (Fsp3) is 0.278. The van der Waals surface area contributed by atoms with Crippen LogP contribution in [0.2, 0.25) is 0 Å². The molecule has 2 rings (SSSR count). The Morgan fingerprint density at radius 1 is 0.900 bits per heavy atom. The Morgan fingerprint density at radius 2 is 1.45 bits per heavy atom. The van der Waals surface area contributed by atoms with Crippen LogP contribution in [-0.4, -0.2) is 0 Å². The molecule has 0 aliphatic rings. The minimum absolute atomic E-state index is 0.321. The Balaban J connectivity index is 2.34. The molecule has 2 heteroatoms. The summed E-state index contributed by atoms with van der Waals surface area (Å²) in [5.41, 5.74) is 6.82. The molecule has 0 spiro atoms. The molecule has 2 aromatic rings. The van der Waals surface area contributed by atoms with E-state index in [2.05, 4.69) is 51.2 Å². The van der Waals surface area contributed by atoms with Crippen LogP contribution in [0, 0.1) is 39.0 Å². The van der Waals surface area contributed by atoms with E-state index in [1.807, 2.05) is 24.3 Å². The molecule has 0 saturated carbocycles. The minimum Gasteiger partial charge on any atom is -0.366 e. The quantitative estimate of drug-likeness (QED) is 0.879. The van der Waals surface area contributed by atoms with Crippen molar-refractivity contribution in [2.75, 3.05) is 5.32 Å². The van der Waals surface area contributed by atoms with E-state index in [4.69, 9.17) is 0 Å². The van der Waals surface area contributed by atoms with Crippen LogP contribution in [0.5, 0.6) is 0 Å². The zero-order chi connectivity index (χ0) is 14.7. The molecule has 0 aromatic heterocycles. The van der Waals surface area contributed by atoms with Crippen molar-refractivity contribution in [2.24, 2.45) is 0 Å². The van der Waals surface area contributed by atoms with E-state index in [0.717, 1.165) is 22.4 Å². The number of aryl methyl sites for hydroxylation is 4. The van der Waals surface area contributed by atoms with E-state index in [0.29, 0.717) is 0 Å². The molecule has 0 radical (unpaired) electrons. The molecule has 102 valence electrons. The van der Waals surface area contributed by atoms with Gasteiger partial charge in [-0.25, -0.2) is 0 Å². The van der Waals surface area contributed by atoms with Crippen LogP contribution in [-0.2, 0) is 0 Å². The first-order valence-electron chi connectivity index (χ1n) is 6.82. The van der Waals surface area contributed by atoms with Crippen molar-refractivity contribution >= 4 is 5.69 Å². The first kappa shape index (κ1) is 14.1. The van der Waals surface area contributed by atoms with Crippen molar-refractivity contribution in [3.8, 4) is 6.07 Å². The lowest BCUT2D eigenvalue weighted by atomic mass is 9.94. The molecular formula is C18H20N2. The average molecular weight is 264 g/mol. The van der Waals surface area contributed by atoms with Gasteiger partial charge in [-0.3, -0.25) is 0 Å². The number of anilines is 1. The minimum atomic E-state index is -0.321. The highest BCUT2D eigenvalue weighted by Gasteiger charge is 2.15. The van der Waals surface area contributed by atoms with Gasteiger partial charge in [-0.15, -0.1) is 0 Å². The highest BCUT2D eigenvalue weighted by Crippen LogP contribution is 2.26. The zero-order valence-electron chi connectivity index (χ0n) is 12.5. The van der Waals surface area contributed by atoms with Crippen LogP contribution in [0.1, 0.15) is 33.9 Å². The standard InChI is InChI=1S/C18H20N2/c1-12-5-7-16(8-6-12)20-17(11-19)18-14(3)9-13(2)10-15(18)4/h5-10,17,20H,1-4H3. The van der Waals surface area contributed by atoms with Crippen LogP contribution >= 0.6 is 0 Å². The second-order valence-electron chi connectivity index (χ2n) is 5.38. The highest BCUT2D eigenvalue weighted by molar-refractivity contribution is 5.51. The summed E-state index contributed by atoms with van der Waals surface area (Å²) in [6.45, 7) is 8.27. The Bertz CT molecular complexity index is 625. The second kappa shape index (κ2) is 5.79. The zero-order valence-corrected chi connectivity index (χ0v) is 12.5. The number of hydrogen-bond acceptors (Lipinski definition) is 2. The van der Waals surface area contributed by atoms with Gasteiger partial charge in [0.15, 0.2) is 0 Å². The predicted octanol–water partition coefficient (Wildman–Crippen LogP) is 4.60.